The van der Waals surface area contributed by atoms with Gasteiger partial charge in [-0.2, -0.15) is 0 Å². The number of aliphatic hydroxyl groups excluding tert-OH is 5. The van der Waals surface area contributed by atoms with Gasteiger partial charge in [-0.05, 0) is 37.2 Å². The van der Waals surface area contributed by atoms with Gasteiger partial charge in [0.15, 0.2) is 6.29 Å². The van der Waals surface area contributed by atoms with E-state index in [1.165, 1.54) is 6.08 Å². The first kappa shape index (κ1) is 24.1. The molecule has 0 amide bonds. The Kier molecular flexibility index (Phi) is 11.4. The highest BCUT2D eigenvalue weighted by Crippen LogP contribution is 2.23. The third kappa shape index (κ3) is 7.97. The van der Waals surface area contributed by atoms with Crippen molar-refractivity contribution < 1.29 is 35.0 Å². The summed E-state index contributed by atoms with van der Waals surface area (Å²) in [6.07, 6.45) is 0.352. The second kappa shape index (κ2) is 13.3. The fourth-order valence-corrected chi connectivity index (χ4v) is 2.33. The molecule has 7 nitrogen and oxygen atoms in total. The number of unbranched alkanes of at least 4 members (excludes halogenated alkanes) is 2. The molecule has 0 aromatic heterocycles. The molecule has 1 fully saturated rings. The van der Waals surface area contributed by atoms with E-state index in [0.29, 0.717) is 0 Å². The Balaban J connectivity index is 2.87. The minimum absolute atomic E-state index is 0.552. The molecule has 1 aliphatic heterocycles. The van der Waals surface area contributed by atoms with Crippen molar-refractivity contribution in [1.29, 1.82) is 0 Å². The fraction of sp³-hybridized carbons (Fsp3) is 0.524. The first-order valence-corrected chi connectivity index (χ1v) is 8.99. The van der Waals surface area contributed by atoms with Crippen LogP contribution >= 0.6 is 0 Å². The molecule has 5 N–H and O–H groups in total. The van der Waals surface area contributed by atoms with Crippen LogP contribution in [0.25, 0.3) is 0 Å². The molecule has 28 heavy (non-hydrogen) atoms. The van der Waals surface area contributed by atoms with Crippen molar-refractivity contribution in [3.8, 4) is 23.7 Å². The van der Waals surface area contributed by atoms with Gasteiger partial charge in [0.25, 0.3) is 0 Å². The van der Waals surface area contributed by atoms with Crippen LogP contribution < -0.4 is 0 Å². The van der Waals surface area contributed by atoms with Crippen LogP contribution in [0.4, 0.5) is 0 Å². The number of hydrogen-bond donors (Lipinski definition) is 5. The zero-order valence-electron chi connectivity index (χ0n) is 15.6. The van der Waals surface area contributed by atoms with Crippen LogP contribution in [0.15, 0.2) is 37.5 Å². The molecule has 0 spiro atoms. The second-order valence-electron chi connectivity index (χ2n) is 6.12. The summed E-state index contributed by atoms with van der Waals surface area (Å²) in [5.74, 6) is 10.2. The first-order valence-electron chi connectivity index (χ1n) is 8.99. The lowest BCUT2D eigenvalue weighted by Gasteiger charge is -2.40. The van der Waals surface area contributed by atoms with E-state index >= 15 is 0 Å². The topological polar surface area (TPSA) is 120 Å². The average Bonchev–Trinajstić information content (AvgIpc) is 2.70. The van der Waals surface area contributed by atoms with E-state index in [1.807, 2.05) is 12.2 Å². The van der Waals surface area contributed by atoms with E-state index in [4.69, 9.17) is 9.47 Å². The molecule has 1 saturated heterocycles. The van der Waals surface area contributed by atoms with Crippen LogP contribution in [0.1, 0.15) is 19.3 Å². The summed E-state index contributed by atoms with van der Waals surface area (Å²) in [5, 5.41) is 48.4. The Morgan fingerprint density at radius 2 is 1.75 bits per heavy atom. The van der Waals surface area contributed by atoms with Gasteiger partial charge >= 0.3 is 0 Å². The SMILES string of the molecule is C=CCCCC=C[C@@H](C#CC#C[C@@H](O)C=C)O[C@@H]1O[C@H](CO)[C@@H](O)[C@H](O)[C@H]1O. The highest BCUT2D eigenvalue weighted by atomic mass is 16.7. The largest absolute Gasteiger partial charge is 0.394 e. The highest BCUT2D eigenvalue weighted by Gasteiger charge is 2.44. The molecule has 0 bridgehead atoms. The van der Waals surface area contributed by atoms with Gasteiger partial charge in [-0.1, -0.05) is 36.6 Å². The summed E-state index contributed by atoms with van der Waals surface area (Å²) in [6.45, 7) is 6.50. The van der Waals surface area contributed by atoms with Crippen molar-refractivity contribution in [3.63, 3.8) is 0 Å². The molecule has 154 valence electrons. The van der Waals surface area contributed by atoms with Crippen molar-refractivity contribution in [3.05, 3.63) is 37.5 Å². The standard InChI is InChI=1S/C21H28O7/c1-3-5-6-7-8-12-16(13-10-9-11-15(23)4-2)27-21-20(26)19(25)18(24)17(14-22)28-21/h3-4,8,12,15-26H,1-2,5-7,14H2/t15-,16-,17+,18+,19-,20+,21+/m0/s1. The number of aliphatic hydroxyl groups is 5. The maximum atomic E-state index is 10.1. The van der Waals surface area contributed by atoms with Gasteiger partial charge in [-0.15, -0.1) is 6.58 Å². The van der Waals surface area contributed by atoms with Gasteiger partial charge in [0.1, 0.15) is 36.6 Å². The van der Waals surface area contributed by atoms with Crippen LogP contribution in [-0.4, -0.2) is 75.1 Å². The molecular formula is C21H28O7. The van der Waals surface area contributed by atoms with E-state index in [-0.39, 0.29) is 0 Å². The van der Waals surface area contributed by atoms with E-state index in [0.717, 1.165) is 19.3 Å². The predicted molar refractivity (Wildman–Crippen MR) is 104 cm³/mol. The van der Waals surface area contributed by atoms with Gasteiger partial charge in [-0.3, -0.25) is 0 Å². The number of rotatable bonds is 9. The highest BCUT2D eigenvalue weighted by molar-refractivity contribution is 5.31. The summed E-state index contributed by atoms with van der Waals surface area (Å²) in [7, 11) is 0. The molecule has 1 rings (SSSR count). The molecule has 0 saturated carbocycles. The average molecular weight is 392 g/mol. The Morgan fingerprint density at radius 3 is 2.39 bits per heavy atom. The summed E-state index contributed by atoms with van der Waals surface area (Å²) < 4.78 is 10.9. The third-order valence-electron chi connectivity index (χ3n) is 3.94. The molecule has 0 unspecified atom stereocenters. The van der Waals surface area contributed by atoms with Crippen molar-refractivity contribution in [2.45, 2.75) is 62.2 Å². The third-order valence-corrected chi connectivity index (χ3v) is 3.94. The Labute approximate surface area is 165 Å². The summed E-state index contributed by atoms with van der Waals surface area (Å²) >= 11 is 0. The summed E-state index contributed by atoms with van der Waals surface area (Å²) in [4.78, 5) is 0. The molecule has 7 atom stereocenters. The summed E-state index contributed by atoms with van der Waals surface area (Å²) in [6, 6.07) is 0. The Bertz CT molecular complexity index is 635. The number of hydrogen-bond acceptors (Lipinski definition) is 7. The fourth-order valence-electron chi connectivity index (χ4n) is 2.33. The van der Waals surface area contributed by atoms with E-state index in [1.54, 1.807) is 6.08 Å². The van der Waals surface area contributed by atoms with Crippen LogP contribution in [0.5, 0.6) is 0 Å². The van der Waals surface area contributed by atoms with Gasteiger partial charge in [0.05, 0.1) is 6.61 Å². The first-order chi connectivity index (χ1) is 13.4. The minimum Gasteiger partial charge on any atom is -0.394 e. The maximum Gasteiger partial charge on any atom is 0.188 e. The van der Waals surface area contributed by atoms with E-state index in [9.17, 15) is 25.5 Å². The van der Waals surface area contributed by atoms with Crippen molar-refractivity contribution in [1.82, 2.24) is 0 Å². The quantitative estimate of drug-likeness (QED) is 0.206. The lowest BCUT2D eigenvalue weighted by atomic mass is 9.99. The van der Waals surface area contributed by atoms with Gasteiger partial charge in [0, 0.05) is 0 Å². The molecule has 1 aliphatic rings. The van der Waals surface area contributed by atoms with Gasteiger partial charge in [0.2, 0.25) is 0 Å². The van der Waals surface area contributed by atoms with Gasteiger partial charge in [-0.25, -0.2) is 0 Å². The zero-order chi connectivity index (χ0) is 20.9. The Hall–Kier alpha value is -1.94. The molecular weight excluding hydrogens is 364 g/mol. The molecule has 0 aromatic rings. The molecule has 1 heterocycles. The second-order valence-corrected chi connectivity index (χ2v) is 6.12. The monoisotopic (exact) mass is 392 g/mol. The smallest absolute Gasteiger partial charge is 0.188 e. The van der Waals surface area contributed by atoms with Crippen molar-refractivity contribution >= 4 is 0 Å². The predicted octanol–water partition coefficient (Wildman–Crippen LogP) is -0.362. The van der Waals surface area contributed by atoms with Crippen molar-refractivity contribution in [2.75, 3.05) is 6.61 Å². The zero-order valence-corrected chi connectivity index (χ0v) is 15.6. The summed E-state index contributed by atoms with van der Waals surface area (Å²) in [5.41, 5.74) is 0. The Morgan fingerprint density at radius 1 is 1.04 bits per heavy atom. The van der Waals surface area contributed by atoms with Crippen molar-refractivity contribution in [2.24, 2.45) is 0 Å². The van der Waals surface area contributed by atoms with Crippen LogP contribution in [0.2, 0.25) is 0 Å². The normalized spacial score (nSPS) is 29.1. The molecule has 0 aliphatic carbocycles. The van der Waals surface area contributed by atoms with Crippen LogP contribution in [0.3, 0.4) is 0 Å². The number of allylic oxidation sites excluding steroid dienone is 2. The molecule has 0 aromatic carbocycles. The molecule has 0 radical (unpaired) electrons. The molecule has 7 heteroatoms. The maximum absolute atomic E-state index is 10.1. The lowest BCUT2D eigenvalue weighted by Crippen LogP contribution is -2.59. The van der Waals surface area contributed by atoms with E-state index in [2.05, 4.69) is 36.8 Å². The van der Waals surface area contributed by atoms with Gasteiger partial charge < -0.3 is 35.0 Å². The number of ether oxygens (including phenoxy) is 2. The van der Waals surface area contributed by atoms with Crippen LogP contribution in [0, 0.1) is 23.7 Å². The van der Waals surface area contributed by atoms with E-state index < -0.39 is 49.5 Å². The lowest BCUT2D eigenvalue weighted by molar-refractivity contribution is -0.303. The van der Waals surface area contributed by atoms with Crippen LogP contribution in [-0.2, 0) is 9.47 Å². The minimum atomic E-state index is -1.54.